The Morgan fingerprint density at radius 3 is 3.00 bits per heavy atom. The number of halogens is 1. The number of rotatable bonds is 2. The lowest BCUT2D eigenvalue weighted by molar-refractivity contribution is -0.121. The molecule has 1 amide bonds. The van der Waals surface area contributed by atoms with Crippen molar-refractivity contribution in [2.45, 2.75) is 6.42 Å². The number of hydrogen-bond acceptors (Lipinski definition) is 3. The Kier molecular flexibility index (Phi) is 2.77. The number of carbonyl (C=O) groups is 1. The lowest BCUT2D eigenvalue weighted by Crippen LogP contribution is -2.27. The minimum Gasteiger partial charge on any atom is -0.369 e. The van der Waals surface area contributed by atoms with E-state index < -0.39 is 0 Å². The number of primary amides is 1. The quantitative estimate of drug-likeness (QED) is 0.766. The molecule has 1 aromatic rings. The number of anilines is 1. The Morgan fingerprint density at radius 1 is 1.60 bits per heavy atom. The maximum absolute atomic E-state index is 11.0. The zero-order valence-corrected chi connectivity index (χ0v) is 8.94. The largest absolute Gasteiger partial charge is 0.369 e. The van der Waals surface area contributed by atoms with Crippen LogP contribution in [-0.4, -0.2) is 24.0 Å². The van der Waals surface area contributed by atoms with Gasteiger partial charge in [0.05, 0.1) is 5.92 Å². The third-order valence-electron chi connectivity index (χ3n) is 2.62. The highest BCUT2D eigenvalue weighted by Gasteiger charge is 2.27. The minimum atomic E-state index is -0.237. The first-order valence-corrected chi connectivity index (χ1v) is 5.21. The molecule has 1 aliphatic heterocycles. The van der Waals surface area contributed by atoms with Crippen LogP contribution in [0.3, 0.4) is 0 Å². The van der Waals surface area contributed by atoms with Crippen LogP contribution in [0.2, 0.25) is 5.15 Å². The molecule has 2 rings (SSSR count). The van der Waals surface area contributed by atoms with Crippen LogP contribution in [0, 0.1) is 5.92 Å². The number of hydrogen-bond donors (Lipinski definition) is 1. The molecule has 1 unspecified atom stereocenters. The van der Waals surface area contributed by atoms with Crippen LogP contribution in [0.4, 0.5) is 5.82 Å². The van der Waals surface area contributed by atoms with E-state index in [9.17, 15) is 4.79 Å². The predicted molar refractivity (Wildman–Crippen MR) is 58.8 cm³/mol. The zero-order chi connectivity index (χ0) is 10.8. The number of amides is 1. The second-order valence-electron chi connectivity index (χ2n) is 3.65. The maximum atomic E-state index is 11.0. The fraction of sp³-hybridized carbons (Fsp3) is 0.400. The molecule has 0 aromatic carbocycles. The van der Waals surface area contributed by atoms with Crippen LogP contribution in [0.15, 0.2) is 18.2 Å². The highest BCUT2D eigenvalue weighted by molar-refractivity contribution is 6.29. The topological polar surface area (TPSA) is 59.2 Å². The van der Waals surface area contributed by atoms with Crippen molar-refractivity contribution in [2.75, 3.05) is 18.0 Å². The average molecular weight is 226 g/mol. The molecule has 80 valence electrons. The number of aromatic nitrogens is 1. The van der Waals surface area contributed by atoms with Crippen LogP contribution in [0.1, 0.15) is 6.42 Å². The van der Waals surface area contributed by atoms with E-state index in [1.807, 2.05) is 17.0 Å². The van der Waals surface area contributed by atoms with E-state index in [1.54, 1.807) is 6.07 Å². The van der Waals surface area contributed by atoms with Crippen molar-refractivity contribution in [3.05, 3.63) is 23.4 Å². The molecule has 4 nitrogen and oxygen atoms in total. The molecule has 0 radical (unpaired) electrons. The van der Waals surface area contributed by atoms with Gasteiger partial charge < -0.3 is 10.6 Å². The van der Waals surface area contributed by atoms with Crippen LogP contribution < -0.4 is 10.6 Å². The van der Waals surface area contributed by atoms with Crippen LogP contribution in [0.5, 0.6) is 0 Å². The van der Waals surface area contributed by atoms with Gasteiger partial charge in [0.15, 0.2) is 0 Å². The van der Waals surface area contributed by atoms with Gasteiger partial charge in [0.1, 0.15) is 11.0 Å². The third-order valence-corrected chi connectivity index (χ3v) is 2.83. The highest BCUT2D eigenvalue weighted by Crippen LogP contribution is 2.22. The summed E-state index contributed by atoms with van der Waals surface area (Å²) >= 11 is 5.79. The summed E-state index contributed by atoms with van der Waals surface area (Å²) in [5.41, 5.74) is 5.26. The summed E-state index contributed by atoms with van der Waals surface area (Å²) in [6.45, 7) is 1.45. The Morgan fingerprint density at radius 2 is 2.40 bits per heavy atom. The average Bonchev–Trinajstić information content (AvgIpc) is 2.66. The summed E-state index contributed by atoms with van der Waals surface area (Å²) in [5.74, 6) is 0.511. The lowest BCUT2D eigenvalue weighted by atomic mass is 10.1. The fourth-order valence-electron chi connectivity index (χ4n) is 1.77. The van der Waals surface area contributed by atoms with E-state index in [0.29, 0.717) is 11.7 Å². The summed E-state index contributed by atoms with van der Waals surface area (Å²) in [5, 5.41) is 0.468. The first kappa shape index (κ1) is 10.2. The van der Waals surface area contributed by atoms with Crippen molar-refractivity contribution in [3.8, 4) is 0 Å². The first-order valence-electron chi connectivity index (χ1n) is 4.83. The van der Waals surface area contributed by atoms with Gasteiger partial charge >= 0.3 is 0 Å². The van der Waals surface area contributed by atoms with Crippen molar-refractivity contribution in [3.63, 3.8) is 0 Å². The number of pyridine rings is 1. The summed E-state index contributed by atoms with van der Waals surface area (Å²) in [7, 11) is 0. The molecule has 0 spiro atoms. The highest BCUT2D eigenvalue weighted by atomic mass is 35.5. The smallest absolute Gasteiger partial charge is 0.222 e. The summed E-state index contributed by atoms with van der Waals surface area (Å²) < 4.78 is 0. The van der Waals surface area contributed by atoms with Crippen LogP contribution in [0.25, 0.3) is 0 Å². The molecule has 0 aliphatic carbocycles. The number of carbonyl (C=O) groups excluding carboxylic acids is 1. The zero-order valence-electron chi connectivity index (χ0n) is 8.19. The molecular weight excluding hydrogens is 214 g/mol. The maximum Gasteiger partial charge on any atom is 0.222 e. The van der Waals surface area contributed by atoms with Gasteiger partial charge in [0.25, 0.3) is 0 Å². The molecule has 1 atom stereocenters. The molecule has 1 saturated heterocycles. The van der Waals surface area contributed by atoms with Gasteiger partial charge in [0, 0.05) is 13.1 Å². The van der Waals surface area contributed by atoms with Crippen molar-refractivity contribution in [2.24, 2.45) is 11.7 Å². The van der Waals surface area contributed by atoms with Gasteiger partial charge in [0.2, 0.25) is 5.91 Å². The molecule has 5 heteroatoms. The molecule has 2 N–H and O–H groups in total. The van der Waals surface area contributed by atoms with E-state index in [4.69, 9.17) is 17.3 Å². The molecule has 0 saturated carbocycles. The van der Waals surface area contributed by atoms with Gasteiger partial charge in [-0.2, -0.15) is 0 Å². The van der Waals surface area contributed by atoms with E-state index >= 15 is 0 Å². The molecular formula is C10H12ClN3O. The Balaban J connectivity index is 2.11. The van der Waals surface area contributed by atoms with Gasteiger partial charge in [-0.1, -0.05) is 17.7 Å². The third kappa shape index (κ3) is 2.21. The van der Waals surface area contributed by atoms with Gasteiger partial charge in [-0.3, -0.25) is 4.79 Å². The molecule has 15 heavy (non-hydrogen) atoms. The first-order chi connectivity index (χ1) is 7.16. The summed E-state index contributed by atoms with van der Waals surface area (Å²) in [4.78, 5) is 17.2. The monoisotopic (exact) mass is 225 g/mol. The second-order valence-corrected chi connectivity index (χ2v) is 4.04. The van der Waals surface area contributed by atoms with Crippen LogP contribution in [-0.2, 0) is 4.79 Å². The fourth-order valence-corrected chi connectivity index (χ4v) is 1.93. The Hall–Kier alpha value is -1.29. The van der Waals surface area contributed by atoms with E-state index in [1.165, 1.54) is 0 Å². The molecule has 0 bridgehead atoms. The standard InChI is InChI=1S/C10H12ClN3O/c11-8-2-1-3-9(13-8)14-5-4-7(6-14)10(12)15/h1-3,7H,4-6H2,(H2,12,15). The van der Waals surface area contributed by atoms with Crippen molar-refractivity contribution < 1.29 is 4.79 Å². The van der Waals surface area contributed by atoms with Crippen molar-refractivity contribution in [1.29, 1.82) is 0 Å². The van der Waals surface area contributed by atoms with E-state index in [2.05, 4.69) is 4.98 Å². The predicted octanol–water partition coefficient (Wildman–Crippen LogP) is 1.05. The summed E-state index contributed by atoms with van der Waals surface area (Å²) in [6.07, 6.45) is 0.795. The van der Waals surface area contributed by atoms with Gasteiger partial charge in [-0.25, -0.2) is 4.98 Å². The molecule has 1 fully saturated rings. The van der Waals surface area contributed by atoms with E-state index in [0.717, 1.165) is 18.8 Å². The number of nitrogens with two attached hydrogens (primary N) is 1. The molecule has 1 aliphatic rings. The van der Waals surface area contributed by atoms with Crippen molar-refractivity contribution in [1.82, 2.24) is 4.98 Å². The van der Waals surface area contributed by atoms with Crippen molar-refractivity contribution >= 4 is 23.3 Å². The van der Waals surface area contributed by atoms with Gasteiger partial charge in [-0.15, -0.1) is 0 Å². The summed E-state index contributed by atoms with van der Waals surface area (Å²) in [6, 6.07) is 5.46. The Labute approximate surface area is 93.0 Å². The SMILES string of the molecule is NC(=O)C1CCN(c2cccc(Cl)n2)C1. The van der Waals surface area contributed by atoms with Gasteiger partial charge in [-0.05, 0) is 18.6 Å². The molecule has 2 heterocycles. The molecule has 1 aromatic heterocycles. The number of nitrogens with zero attached hydrogens (tertiary/aromatic N) is 2. The Bertz CT molecular complexity index is 383. The second kappa shape index (κ2) is 4.06. The van der Waals surface area contributed by atoms with Crippen LogP contribution >= 0.6 is 11.6 Å². The lowest BCUT2D eigenvalue weighted by Gasteiger charge is -2.16. The van der Waals surface area contributed by atoms with E-state index in [-0.39, 0.29) is 11.8 Å². The normalized spacial score (nSPS) is 20.6. The minimum absolute atomic E-state index is 0.0641.